The van der Waals surface area contributed by atoms with Crippen LogP contribution in [0.5, 0.6) is 0 Å². The molecule has 5 heteroatoms. The molecular weight excluding hydrogens is 236 g/mol. The van der Waals surface area contributed by atoms with Gasteiger partial charge in [-0.25, -0.2) is 0 Å². The summed E-state index contributed by atoms with van der Waals surface area (Å²) < 4.78 is 0. The first-order valence-corrected chi connectivity index (χ1v) is 5.52. The number of carboxylic acid groups (broad SMARTS) is 2. The monoisotopic (exact) mass is 256 g/mol. The van der Waals surface area contributed by atoms with Gasteiger partial charge >= 0.3 is 49.7 Å². The molecule has 1 saturated carbocycles. The predicted octanol–water partition coefficient (Wildman–Crippen LogP) is 1.22. The Morgan fingerprint density at radius 3 is 1.88 bits per heavy atom. The molecule has 0 heterocycles. The molecule has 0 amide bonds. The van der Waals surface area contributed by atoms with Crippen LogP contribution in [-0.2, 0) is 9.59 Å². The van der Waals surface area contributed by atoms with E-state index in [2.05, 4.69) is 0 Å². The summed E-state index contributed by atoms with van der Waals surface area (Å²) in [6.07, 6.45) is 4.62. The fraction of sp³-hybridized carbons (Fsp3) is 0.818. The van der Waals surface area contributed by atoms with Crippen LogP contribution in [0.2, 0.25) is 0 Å². The first-order chi connectivity index (χ1) is 7.05. The van der Waals surface area contributed by atoms with Crippen LogP contribution in [0.4, 0.5) is 0 Å². The van der Waals surface area contributed by atoms with Crippen LogP contribution in [0.1, 0.15) is 45.4 Å². The van der Waals surface area contributed by atoms with Crippen molar-refractivity contribution in [2.45, 2.75) is 45.4 Å². The predicted molar refractivity (Wildman–Crippen MR) is 63.1 cm³/mol. The molecule has 1 fully saturated rings. The molecule has 0 radical (unpaired) electrons. The number of hydrogen-bond acceptors (Lipinski definition) is 2. The van der Waals surface area contributed by atoms with Crippen LogP contribution in [0.15, 0.2) is 0 Å². The van der Waals surface area contributed by atoms with Gasteiger partial charge in [-0.15, -0.1) is 0 Å². The minimum atomic E-state index is -1.56. The molecule has 1 aliphatic rings. The van der Waals surface area contributed by atoms with Crippen molar-refractivity contribution in [2.24, 2.45) is 11.3 Å². The third kappa shape index (κ3) is 2.90. The van der Waals surface area contributed by atoms with Gasteiger partial charge in [0.05, 0.1) is 0 Å². The Morgan fingerprint density at radius 2 is 1.56 bits per heavy atom. The van der Waals surface area contributed by atoms with Gasteiger partial charge in [0.1, 0.15) is 0 Å². The molecule has 0 atom stereocenters. The second kappa shape index (κ2) is 6.82. The van der Waals surface area contributed by atoms with Gasteiger partial charge in [-0.2, -0.15) is 0 Å². The van der Waals surface area contributed by atoms with Crippen molar-refractivity contribution < 1.29 is 19.8 Å². The first-order valence-electron chi connectivity index (χ1n) is 5.52. The topological polar surface area (TPSA) is 74.6 Å². The van der Waals surface area contributed by atoms with E-state index in [1.165, 1.54) is 0 Å². The third-order valence-electron chi connectivity index (χ3n) is 3.62. The Kier molecular flexibility index (Phi) is 6.90. The second-order valence-corrected chi connectivity index (χ2v) is 4.27. The van der Waals surface area contributed by atoms with Gasteiger partial charge in [0.2, 0.25) is 0 Å². The van der Waals surface area contributed by atoms with Crippen molar-refractivity contribution in [3.8, 4) is 0 Å². The molecule has 1 aliphatic carbocycles. The van der Waals surface area contributed by atoms with E-state index in [0.717, 1.165) is 32.1 Å². The van der Waals surface area contributed by atoms with E-state index in [4.69, 9.17) is 10.2 Å². The molecule has 2 N–H and O–H groups in total. The second-order valence-electron chi connectivity index (χ2n) is 4.27. The zero-order chi connectivity index (χ0) is 11.5. The van der Waals surface area contributed by atoms with Crippen molar-refractivity contribution in [3.05, 3.63) is 0 Å². The van der Waals surface area contributed by atoms with Crippen molar-refractivity contribution >= 4 is 49.7 Å². The van der Waals surface area contributed by atoms with Crippen LogP contribution >= 0.6 is 0 Å². The molecule has 0 aromatic carbocycles. The van der Waals surface area contributed by atoms with Crippen molar-refractivity contribution in [2.75, 3.05) is 0 Å². The van der Waals surface area contributed by atoms with E-state index in [1.807, 2.05) is 0 Å². The molecule has 0 aromatic rings. The summed E-state index contributed by atoms with van der Waals surface area (Å²) in [5.41, 5.74) is -1.56. The van der Waals surface area contributed by atoms with Gasteiger partial charge in [0.25, 0.3) is 0 Å². The summed E-state index contributed by atoms with van der Waals surface area (Å²) in [5.74, 6) is -2.56. The molecule has 1 rings (SSSR count). The maximum absolute atomic E-state index is 11.2. The molecule has 0 aliphatic heterocycles. The SMILES string of the molecule is CCC(C(=O)O)(C(=O)O)C1CCCCC1.[CaH2]. The molecule has 0 bridgehead atoms. The Balaban J connectivity index is 0.00000225. The van der Waals surface area contributed by atoms with Gasteiger partial charge < -0.3 is 10.2 Å². The first kappa shape index (κ1) is 16.2. The molecular formula is C11H20CaO4. The minimum absolute atomic E-state index is 0. The fourth-order valence-corrected chi connectivity index (χ4v) is 2.63. The number of rotatable bonds is 4. The summed E-state index contributed by atoms with van der Waals surface area (Å²) in [4.78, 5) is 22.4. The number of carboxylic acids is 2. The molecule has 0 unspecified atom stereocenters. The normalized spacial score (nSPS) is 17.6. The van der Waals surface area contributed by atoms with Crippen molar-refractivity contribution in [3.63, 3.8) is 0 Å². The summed E-state index contributed by atoms with van der Waals surface area (Å²) in [6, 6.07) is 0. The average molecular weight is 256 g/mol. The number of hydrogen-bond donors (Lipinski definition) is 2. The van der Waals surface area contributed by atoms with Crippen LogP contribution < -0.4 is 0 Å². The van der Waals surface area contributed by atoms with Crippen LogP contribution in [0, 0.1) is 11.3 Å². The fourth-order valence-electron chi connectivity index (χ4n) is 2.63. The van der Waals surface area contributed by atoms with E-state index in [-0.39, 0.29) is 50.1 Å². The Labute approximate surface area is 125 Å². The van der Waals surface area contributed by atoms with Crippen LogP contribution in [-0.4, -0.2) is 59.9 Å². The average Bonchev–Trinajstić information content (AvgIpc) is 2.20. The van der Waals surface area contributed by atoms with Gasteiger partial charge in [-0.3, -0.25) is 9.59 Å². The molecule has 0 saturated heterocycles. The van der Waals surface area contributed by atoms with Crippen LogP contribution in [0.3, 0.4) is 0 Å². The summed E-state index contributed by atoms with van der Waals surface area (Å²) in [5, 5.41) is 18.3. The molecule has 0 spiro atoms. The van der Waals surface area contributed by atoms with Crippen molar-refractivity contribution in [1.29, 1.82) is 0 Å². The summed E-state index contributed by atoms with van der Waals surface area (Å²) >= 11 is 0. The quantitative estimate of drug-likeness (QED) is 0.586. The van der Waals surface area contributed by atoms with Crippen molar-refractivity contribution in [1.82, 2.24) is 0 Å². The zero-order valence-electron chi connectivity index (χ0n) is 9.03. The molecule has 90 valence electrons. The maximum atomic E-state index is 11.2. The standard InChI is InChI=1S/C11H18O4.Ca.2H/c1-2-11(9(12)13,10(14)15)8-6-4-3-5-7-8;;;/h8H,2-7H2,1H3,(H,12,13)(H,14,15);;;. The van der Waals surface area contributed by atoms with E-state index >= 15 is 0 Å². The Hall–Kier alpha value is 0.200. The molecule has 0 aromatic heterocycles. The van der Waals surface area contributed by atoms with E-state index in [9.17, 15) is 9.59 Å². The van der Waals surface area contributed by atoms with E-state index < -0.39 is 17.4 Å². The van der Waals surface area contributed by atoms with Gasteiger partial charge in [-0.1, -0.05) is 26.2 Å². The summed E-state index contributed by atoms with van der Waals surface area (Å²) in [7, 11) is 0. The van der Waals surface area contributed by atoms with E-state index in [0.29, 0.717) is 0 Å². The van der Waals surface area contributed by atoms with E-state index in [1.54, 1.807) is 6.92 Å². The Bertz CT molecular complexity index is 245. The van der Waals surface area contributed by atoms with Gasteiger partial charge in [0, 0.05) is 0 Å². The summed E-state index contributed by atoms with van der Waals surface area (Å²) in [6.45, 7) is 1.65. The number of aliphatic carboxylic acids is 2. The van der Waals surface area contributed by atoms with Gasteiger partial charge in [-0.05, 0) is 25.2 Å². The van der Waals surface area contributed by atoms with Crippen LogP contribution in [0.25, 0.3) is 0 Å². The molecule has 4 nitrogen and oxygen atoms in total. The van der Waals surface area contributed by atoms with Gasteiger partial charge in [0.15, 0.2) is 5.41 Å². The molecule has 16 heavy (non-hydrogen) atoms. The third-order valence-corrected chi connectivity index (χ3v) is 3.62. The zero-order valence-corrected chi connectivity index (χ0v) is 9.03. The Morgan fingerprint density at radius 1 is 1.12 bits per heavy atom. The number of carbonyl (C=O) groups is 2.